The maximum Gasteiger partial charge on any atom is 0.325 e. The molecular weight excluding hydrogens is 296 g/mol. The summed E-state index contributed by atoms with van der Waals surface area (Å²) < 4.78 is 38.5. The van der Waals surface area contributed by atoms with E-state index in [1.54, 1.807) is 20.8 Å². The van der Waals surface area contributed by atoms with Gasteiger partial charge in [0.15, 0.2) is 0 Å². The zero-order valence-electron chi connectivity index (χ0n) is 12.9. The van der Waals surface area contributed by atoms with Crippen LogP contribution < -0.4 is 0 Å². The van der Waals surface area contributed by atoms with Gasteiger partial charge in [0.1, 0.15) is 11.6 Å². The van der Waals surface area contributed by atoms with E-state index < -0.39 is 27.8 Å². The lowest BCUT2D eigenvalue weighted by molar-refractivity contribution is -0.158. The highest BCUT2D eigenvalue weighted by Gasteiger charge is 2.43. The summed E-state index contributed by atoms with van der Waals surface area (Å²) >= 11 is 0. The smallest absolute Gasteiger partial charge is 0.325 e. The molecule has 2 aliphatic rings. The Morgan fingerprint density at radius 3 is 2.38 bits per heavy atom. The fourth-order valence-corrected chi connectivity index (χ4v) is 4.33. The number of rotatable bonds is 3. The van der Waals surface area contributed by atoms with Crippen molar-refractivity contribution < 1.29 is 22.7 Å². The van der Waals surface area contributed by atoms with Crippen LogP contribution in [0.1, 0.15) is 33.6 Å². The molecule has 0 aromatic heterocycles. The fraction of sp³-hybridized carbons (Fsp3) is 0.923. The maximum absolute atomic E-state index is 12.7. The topological polar surface area (TPSA) is 76.2 Å². The fourth-order valence-electron chi connectivity index (χ4n) is 2.55. The van der Waals surface area contributed by atoms with E-state index in [9.17, 15) is 13.2 Å². The van der Waals surface area contributed by atoms with Crippen molar-refractivity contribution in [3.63, 3.8) is 0 Å². The van der Waals surface area contributed by atoms with Crippen molar-refractivity contribution in [2.75, 3.05) is 32.8 Å². The van der Waals surface area contributed by atoms with Crippen LogP contribution >= 0.6 is 0 Å². The highest BCUT2D eigenvalue weighted by Crippen LogP contribution is 2.26. The minimum Gasteiger partial charge on any atom is -0.459 e. The molecule has 0 unspecified atom stereocenters. The monoisotopic (exact) mass is 320 g/mol. The lowest BCUT2D eigenvalue weighted by Crippen LogP contribution is -2.52. The molecule has 122 valence electrons. The Balaban J connectivity index is 2.12. The van der Waals surface area contributed by atoms with Crippen LogP contribution in [-0.4, -0.2) is 67.5 Å². The highest BCUT2D eigenvalue weighted by molar-refractivity contribution is 7.86. The zero-order valence-corrected chi connectivity index (χ0v) is 13.7. The predicted octanol–water partition coefficient (Wildman–Crippen LogP) is 0.370. The molecule has 7 nitrogen and oxygen atoms in total. The normalized spacial score (nSPS) is 26.0. The molecule has 8 heteroatoms. The van der Waals surface area contributed by atoms with Crippen molar-refractivity contribution in [3.8, 4) is 0 Å². The summed E-state index contributed by atoms with van der Waals surface area (Å²) in [7, 11) is -3.63. The first-order valence-electron chi connectivity index (χ1n) is 7.29. The maximum atomic E-state index is 12.7. The van der Waals surface area contributed by atoms with Gasteiger partial charge in [-0.15, -0.1) is 0 Å². The number of morpholine rings is 1. The molecule has 0 bridgehead atoms. The molecule has 21 heavy (non-hydrogen) atoms. The molecule has 2 aliphatic heterocycles. The molecule has 0 aliphatic carbocycles. The van der Waals surface area contributed by atoms with Crippen LogP contribution in [0, 0.1) is 0 Å². The van der Waals surface area contributed by atoms with Crippen LogP contribution in [0.15, 0.2) is 0 Å². The third-order valence-corrected chi connectivity index (χ3v) is 5.52. The van der Waals surface area contributed by atoms with Gasteiger partial charge in [-0.1, -0.05) is 0 Å². The first kappa shape index (κ1) is 16.7. The van der Waals surface area contributed by atoms with Gasteiger partial charge in [-0.25, -0.2) is 0 Å². The lowest BCUT2D eigenvalue weighted by Gasteiger charge is -2.33. The van der Waals surface area contributed by atoms with Crippen molar-refractivity contribution in [1.82, 2.24) is 8.61 Å². The second kappa shape index (κ2) is 6.20. The number of ether oxygens (including phenoxy) is 2. The molecular formula is C13H24N2O5S. The Labute approximate surface area is 126 Å². The summed E-state index contributed by atoms with van der Waals surface area (Å²) in [5.74, 6) is -0.461. The summed E-state index contributed by atoms with van der Waals surface area (Å²) in [4.78, 5) is 12.2. The second-order valence-corrected chi connectivity index (χ2v) is 8.20. The first-order valence-corrected chi connectivity index (χ1v) is 8.69. The third kappa shape index (κ3) is 3.94. The van der Waals surface area contributed by atoms with Crippen molar-refractivity contribution in [2.24, 2.45) is 0 Å². The summed E-state index contributed by atoms with van der Waals surface area (Å²) in [5.41, 5.74) is -0.617. The number of nitrogens with zero attached hydrogens (tertiary/aromatic N) is 2. The van der Waals surface area contributed by atoms with E-state index in [4.69, 9.17) is 9.47 Å². The second-order valence-electron chi connectivity index (χ2n) is 6.32. The summed E-state index contributed by atoms with van der Waals surface area (Å²) in [6.07, 6.45) is 1.19. The molecule has 0 saturated carbocycles. The summed E-state index contributed by atoms with van der Waals surface area (Å²) in [6, 6.07) is -0.711. The Bertz CT molecular complexity index is 479. The Morgan fingerprint density at radius 2 is 1.81 bits per heavy atom. The summed E-state index contributed by atoms with van der Waals surface area (Å²) in [6.45, 7) is 7.15. The van der Waals surface area contributed by atoms with Gasteiger partial charge in [-0.2, -0.15) is 17.0 Å². The Morgan fingerprint density at radius 1 is 1.19 bits per heavy atom. The highest BCUT2D eigenvalue weighted by atomic mass is 32.2. The molecule has 0 N–H and O–H groups in total. The average molecular weight is 320 g/mol. The molecule has 0 amide bonds. The van der Waals surface area contributed by atoms with Crippen molar-refractivity contribution in [1.29, 1.82) is 0 Å². The molecule has 2 rings (SSSR count). The molecule has 1 atom stereocenters. The molecule has 2 saturated heterocycles. The van der Waals surface area contributed by atoms with Gasteiger partial charge >= 0.3 is 5.97 Å². The Kier molecular flexibility index (Phi) is 4.92. The minimum atomic E-state index is -3.63. The van der Waals surface area contributed by atoms with Crippen molar-refractivity contribution in [2.45, 2.75) is 45.3 Å². The van der Waals surface area contributed by atoms with E-state index >= 15 is 0 Å². The van der Waals surface area contributed by atoms with Gasteiger partial charge < -0.3 is 9.47 Å². The van der Waals surface area contributed by atoms with Gasteiger partial charge in [0.2, 0.25) is 0 Å². The van der Waals surface area contributed by atoms with Crippen LogP contribution in [0.2, 0.25) is 0 Å². The third-order valence-electron chi connectivity index (χ3n) is 3.48. The van der Waals surface area contributed by atoms with E-state index in [-0.39, 0.29) is 0 Å². The van der Waals surface area contributed by atoms with Gasteiger partial charge in [-0.05, 0) is 33.6 Å². The van der Waals surface area contributed by atoms with Gasteiger partial charge in [0, 0.05) is 19.6 Å². The number of hydrogen-bond donors (Lipinski definition) is 0. The predicted molar refractivity (Wildman–Crippen MR) is 76.9 cm³/mol. The number of esters is 1. The number of carbonyl (C=O) groups is 1. The quantitative estimate of drug-likeness (QED) is 0.702. The van der Waals surface area contributed by atoms with E-state index in [0.717, 1.165) is 0 Å². The molecule has 2 heterocycles. The SMILES string of the molecule is CC(C)(C)OC(=O)[C@H]1CCCN1S(=O)(=O)N1CCOCC1. The van der Waals surface area contributed by atoms with Gasteiger partial charge in [-0.3, -0.25) is 4.79 Å². The van der Waals surface area contributed by atoms with Gasteiger partial charge in [0.25, 0.3) is 10.2 Å². The van der Waals surface area contributed by atoms with E-state index in [1.807, 2.05) is 0 Å². The van der Waals surface area contributed by atoms with Gasteiger partial charge in [0.05, 0.1) is 13.2 Å². The molecule has 0 aromatic rings. The molecule has 0 spiro atoms. The van der Waals surface area contributed by atoms with E-state index in [0.29, 0.717) is 45.7 Å². The first-order chi connectivity index (χ1) is 9.72. The van der Waals surface area contributed by atoms with Crippen LogP contribution in [0.5, 0.6) is 0 Å². The number of hydrogen-bond acceptors (Lipinski definition) is 5. The van der Waals surface area contributed by atoms with E-state index in [2.05, 4.69) is 0 Å². The van der Waals surface area contributed by atoms with Crippen molar-refractivity contribution >= 4 is 16.2 Å². The summed E-state index contributed by atoms with van der Waals surface area (Å²) in [5, 5.41) is 0. The zero-order chi connectivity index (χ0) is 15.7. The largest absolute Gasteiger partial charge is 0.459 e. The lowest BCUT2D eigenvalue weighted by atomic mass is 10.2. The van der Waals surface area contributed by atoms with Crippen LogP contribution in [0.25, 0.3) is 0 Å². The van der Waals surface area contributed by atoms with Crippen molar-refractivity contribution in [3.05, 3.63) is 0 Å². The van der Waals surface area contributed by atoms with Crippen LogP contribution in [0.3, 0.4) is 0 Å². The molecule has 2 fully saturated rings. The Hall–Kier alpha value is -0.700. The number of carbonyl (C=O) groups excluding carboxylic acids is 1. The van der Waals surface area contributed by atoms with E-state index in [1.165, 1.54) is 8.61 Å². The van der Waals surface area contributed by atoms with Crippen LogP contribution in [-0.2, 0) is 24.5 Å². The molecule has 0 radical (unpaired) electrons. The standard InChI is InChI=1S/C13H24N2O5S/c1-13(2,3)20-12(16)11-5-4-6-15(11)21(17,18)14-7-9-19-10-8-14/h11H,4-10H2,1-3H3/t11-/m1/s1. The minimum absolute atomic E-state index is 0.333. The molecule has 0 aromatic carbocycles. The average Bonchev–Trinajstić information content (AvgIpc) is 2.88. The van der Waals surface area contributed by atoms with Crippen LogP contribution in [0.4, 0.5) is 0 Å².